The van der Waals surface area contributed by atoms with Crippen LogP contribution in [0.3, 0.4) is 0 Å². The summed E-state index contributed by atoms with van der Waals surface area (Å²) in [6.07, 6.45) is 0.441. The zero-order valence-electron chi connectivity index (χ0n) is 9.92. The van der Waals surface area contributed by atoms with Gasteiger partial charge in [-0.2, -0.15) is 0 Å². The Bertz CT molecular complexity index is 438. The van der Waals surface area contributed by atoms with Gasteiger partial charge in [-0.15, -0.1) is 0 Å². The number of hydrogen-bond donors (Lipinski definition) is 1. The molecule has 0 radical (unpaired) electrons. The number of hydrogen-bond acceptors (Lipinski definition) is 2. The Hall–Kier alpha value is -1.72. The molecule has 1 rings (SSSR count). The summed E-state index contributed by atoms with van der Waals surface area (Å²) in [6, 6.07) is 1.95. The Morgan fingerprint density at radius 3 is 2.44 bits per heavy atom. The van der Waals surface area contributed by atoms with E-state index in [1.807, 2.05) is 6.92 Å². The highest BCUT2D eigenvalue weighted by atomic mass is 19.2. The monoisotopic (exact) mass is 261 g/mol. The minimum atomic E-state index is -1.54. The van der Waals surface area contributed by atoms with Gasteiger partial charge in [0, 0.05) is 13.1 Å². The second-order valence-corrected chi connectivity index (χ2v) is 3.83. The van der Waals surface area contributed by atoms with Crippen molar-refractivity contribution in [3.8, 4) is 0 Å². The second-order valence-electron chi connectivity index (χ2n) is 3.83. The molecule has 0 fully saturated rings. The zero-order valence-corrected chi connectivity index (χ0v) is 9.92. The molecular weight excluding hydrogens is 247 g/mol. The molecule has 1 N–H and O–H groups in total. The van der Waals surface area contributed by atoms with Gasteiger partial charge >= 0.3 is 5.97 Å². The largest absolute Gasteiger partial charge is 0.481 e. The van der Waals surface area contributed by atoms with Crippen LogP contribution >= 0.6 is 0 Å². The number of anilines is 1. The second kappa shape index (κ2) is 6.28. The molecule has 0 aliphatic heterocycles. The standard InChI is InChI=1S/C12H14F3NO2/c1-2-6-16(7-5-10(17)18)9-4-3-8(13)11(14)12(9)15/h3-4H,2,5-7H2,1H3,(H,17,18). The van der Waals surface area contributed by atoms with E-state index < -0.39 is 23.4 Å². The molecule has 1 aromatic carbocycles. The van der Waals surface area contributed by atoms with E-state index in [0.717, 1.165) is 12.1 Å². The maximum absolute atomic E-state index is 13.6. The van der Waals surface area contributed by atoms with E-state index in [2.05, 4.69) is 0 Å². The van der Waals surface area contributed by atoms with E-state index in [1.165, 1.54) is 4.90 Å². The summed E-state index contributed by atoms with van der Waals surface area (Å²) < 4.78 is 39.4. The molecule has 6 heteroatoms. The Labute approximate surface area is 103 Å². The smallest absolute Gasteiger partial charge is 0.305 e. The van der Waals surface area contributed by atoms with Crippen molar-refractivity contribution in [3.63, 3.8) is 0 Å². The highest BCUT2D eigenvalue weighted by molar-refractivity contribution is 5.67. The summed E-state index contributed by atoms with van der Waals surface area (Å²) in [6.45, 7) is 2.24. The maximum atomic E-state index is 13.6. The van der Waals surface area contributed by atoms with Crippen molar-refractivity contribution in [1.29, 1.82) is 0 Å². The lowest BCUT2D eigenvalue weighted by Gasteiger charge is -2.24. The van der Waals surface area contributed by atoms with Gasteiger partial charge in [-0.25, -0.2) is 13.2 Å². The third-order valence-electron chi connectivity index (χ3n) is 2.44. The molecule has 0 saturated heterocycles. The van der Waals surface area contributed by atoms with Crippen LogP contribution in [0.25, 0.3) is 0 Å². The molecule has 3 nitrogen and oxygen atoms in total. The number of carbonyl (C=O) groups is 1. The molecule has 0 heterocycles. The predicted molar refractivity (Wildman–Crippen MR) is 61.1 cm³/mol. The van der Waals surface area contributed by atoms with Gasteiger partial charge in [-0.1, -0.05) is 6.92 Å². The van der Waals surface area contributed by atoms with Gasteiger partial charge in [0.2, 0.25) is 0 Å². The van der Waals surface area contributed by atoms with Gasteiger partial charge in [0.05, 0.1) is 12.1 Å². The molecule has 100 valence electrons. The minimum Gasteiger partial charge on any atom is -0.481 e. The summed E-state index contributed by atoms with van der Waals surface area (Å²) in [4.78, 5) is 11.9. The van der Waals surface area contributed by atoms with Crippen LogP contribution in [0.1, 0.15) is 19.8 Å². The van der Waals surface area contributed by atoms with Crippen LogP contribution in [-0.4, -0.2) is 24.2 Å². The van der Waals surface area contributed by atoms with Crippen molar-refractivity contribution in [2.45, 2.75) is 19.8 Å². The first-order chi connectivity index (χ1) is 8.47. The molecule has 0 aromatic heterocycles. The summed E-state index contributed by atoms with van der Waals surface area (Å²) in [5.41, 5.74) is -0.114. The van der Waals surface area contributed by atoms with Crippen LogP contribution in [-0.2, 0) is 4.79 Å². The third-order valence-corrected chi connectivity index (χ3v) is 2.44. The Morgan fingerprint density at radius 1 is 1.22 bits per heavy atom. The minimum absolute atomic E-state index is 0.0468. The Kier molecular flexibility index (Phi) is 5.00. The average molecular weight is 261 g/mol. The molecular formula is C12H14F3NO2. The number of rotatable bonds is 6. The van der Waals surface area contributed by atoms with E-state index >= 15 is 0 Å². The molecule has 0 atom stereocenters. The maximum Gasteiger partial charge on any atom is 0.305 e. The fourth-order valence-corrected chi connectivity index (χ4v) is 1.61. The van der Waals surface area contributed by atoms with Gasteiger partial charge in [0.1, 0.15) is 0 Å². The summed E-state index contributed by atoms with van der Waals surface area (Å²) in [5.74, 6) is -5.11. The van der Waals surface area contributed by atoms with E-state index in [-0.39, 0.29) is 18.7 Å². The lowest BCUT2D eigenvalue weighted by Crippen LogP contribution is -2.28. The third kappa shape index (κ3) is 3.38. The molecule has 1 aromatic rings. The van der Waals surface area contributed by atoms with Crippen LogP contribution < -0.4 is 4.90 Å². The SMILES string of the molecule is CCCN(CCC(=O)O)c1ccc(F)c(F)c1F. The number of nitrogens with zero attached hydrogens (tertiary/aromatic N) is 1. The average Bonchev–Trinajstić information content (AvgIpc) is 2.32. The molecule has 0 spiro atoms. The number of carboxylic acid groups (broad SMARTS) is 1. The fraction of sp³-hybridized carbons (Fsp3) is 0.417. The molecule has 0 unspecified atom stereocenters. The topological polar surface area (TPSA) is 40.5 Å². The highest BCUT2D eigenvalue weighted by Crippen LogP contribution is 2.24. The van der Waals surface area contributed by atoms with Crippen molar-refractivity contribution >= 4 is 11.7 Å². The van der Waals surface area contributed by atoms with E-state index in [9.17, 15) is 18.0 Å². The summed E-state index contributed by atoms with van der Waals surface area (Å²) in [7, 11) is 0. The van der Waals surface area contributed by atoms with Crippen LogP contribution in [0.15, 0.2) is 12.1 Å². The van der Waals surface area contributed by atoms with Crippen molar-refractivity contribution in [3.05, 3.63) is 29.6 Å². The van der Waals surface area contributed by atoms with Crippen molar-refractivity contribution in [2.75, 3.05) is 18.0 Å². The van der Waals surface area contributed by atoms with E-state index in [1.54, 1.807) is 0 Å². The van der Waals surface area contributed by atoms with Crippen LogP contribution in [0.5, 0.6) is 0 Å². The lowest BCUT2D eigenvalue weighted by atomic mass is 10.2. The Balaban J connectivity index is 2.98. The molecule has 0 saturated carbocycles. The van der Waals surface area contributed by atoms with E-state index in [0.29, 0.717) is 13.0 Å². The first-order valence-corrected chi connectivity index (χ1v) is 5.57. The number of aliphatic carboxylic acids is 1. The van der Waals surface area contributed by atoms with Crippen molar-refractivity contribution in [1.82, 2.24) is 0 Å². The zero-order chi connectivity index (χ0) is 13.7. The quantitative estimate of drug-likeness (QED) is 0.800. The molecule has 0 amide bonds. The van der Waals surface area contributed by atoms with Gasteiger partial charge in [0.25, 0.3) is 0 Å². The summed E-state index contributed by atoms with van der Waals surface area (Å²) in [5, 5.41) is 8.59. The number of carboxylic acids is 1. The van der Waals surface area contributed by atoms with E-state index in [4.69, 9.17) is 5.11 Å². The molecule has 0 aliphatic rings. The molecule has 0 bridgehead atoms. The van der Waals surface area contributed by atoms with Gasteiger partial charge in [0.15, 0.2) is 17.5 Å². The normalized spacial score (nSPS) is 10.4. The highest BCUT2D eigenvalue weighted by Gasteiger charge is 2.18. The van der Waals surface area contributed by atoms with Gasteiger partial charge in [-0.3, -0.25) is 4.79 Å². The number of benzene rings is 1. The predicted octanol–water partition coefficient (Wildman–Crippen LogP) is 2.80. The number of halogens is 3. The molecule has 0 aliphatic carbocycles. The fourth-order valence-electron chi connectivity index (χ4n) is 1.61. The molecule has 18 heavy (non-hydrogen) atoms. The Morgan fingerprint density at radius 2 is 1.89 bits per heavy atom. The first-order valence-electron chi connectivity index (χ1n) is 5.57. The van der Waals surface area contributed by atoms with Gasteiger partial charge < -0.3 is 10.0 Å². The van der Waals surface area contributed by atoms with Crippen LogP contribution in [0, 0.1) is 17.5 Å². The lowest BCUT2D eigenvalue weighted by molar-refractivity contribution is -0.136. The van der Waals surface area contributed by atoms with Crippen molar-refractivity contribution in [2.24, 2.45) is 0 Å². The first kappa shape index (κ1) is 14.3. The van der Waals surface area contributed by atoms with Crippen LogP contribution in [0.4, 0.5) is 18.9 Å². The van der Waals surface area contributed by atoms with Crippen LogP contribution in [0.2, 0.25) is 0 Å². The van der Waals surface area contributed by atoms with Gasteiger partial charge in [-0.05, 0) is 18.6 Å². The summed E-state index contributed by atoms with van der Waals surface area (Å²) >= 11 is 0. The van der Waals surface area contributed by atoms with Crippen molar-refractivity contribution < 1.29 is 23.1 Å².